The highest BCUT2D eigenvalue weighted by Crippen LogP contribution is 2.20. The standard InChI is InChI=1S/C7H10O2S/c1-5-3-4-9-6(5)7(8)10-2/h3-6H,1-2H3. The minimum Gasteiger partial charge on any atom is -0.489 e. The van der Waals surface area contributed by atoms with Gasteiger partial charge in [0.1, 0.15) is 0 Å². The van der Waals surface area contributed by atoms with E-state index < -0.39 is 0 Å². The zero-order chi connectivity index (χ0) is 7.56. The third kappa shape index (κ3) is 1.34. The molecule has 3 heteroatoms. The monoisotopic (exact) mass is 158 g/mol. The third-order valence-corrected chi connectivity index (χ3v) is 2.15. The first-order valence-electron chi connectivity index (χ1n) is 3.15. The van der Waals surface area contributed by atoms with Gasteiger partial charge in [0.25, 0.3) is 0 Å². The van der Waals surface area contributed by atoms with Crippen LogP contribution in [0.4, 0.5) is 0 Å². The van der Waals surface area contributed by atoms with E-state index in [0.29, 0.717) is 0 Å². The van der Waals surface area contributed by atoms with Crippen molar-refractivity contribution in [1.82, 2.24) is 0 Å². The summed E-state index contributed by atoms with van der Waals surface area (Å²) in [6, 6.07) is 0. The molecule has 0 N–H and O–H groups in total. The Balaban J connectivity index is 2.51. The molecule has 0 saturated carbocycles. The van der Waals surface area contributed by atoms with Crippen LogP contribution < -0.4 is 0 Å². The maximum atomic E-state index is 11.0. The fraction of sp³-hybridized carbons (Fsp3) is 0.571. The van der Waals surface area contributed by atoms with Crippen molar-refractivity contribution in [3.05, 3.63) is 12.3 Å². The maximum absolute atomic E-state index is 11.0. The first kappa shape index (κ1) is 7.66. The molecule has 1 aliphatic rings. The minimum atomic E-state index is -0.241. The lowest BCUT2D eigenvalue weighted by atomic mass is 10.1. The summed E-state index contributed by atoms with van der Waals surface area (Å²) in [4.78, 5) is 11.0. The molecule has 0 aromatic rings. The van der Waals surface area contributed by atoms with E-state index in [1.165, 1.54) is 11.8 Å². The lowest BCUT2D eigenvalue weighted by Gasteiger charge is -2.10. The predicted molar refractivity (Wildman–Crippen MR) is 41.7 cm³/mol. The molecule has 0 spiro atoms. The summed E-state index contributed by atoms with van der Waals surface area (Å²) in [5.74, 6) is 0.236. The van der Waals surface area contributed by atoms with Crippen LogP contribution in [0.15, 0.2) is 12.3 Å². The van der Waals surface area contributed by atoms with Gasteiger partial charge in [-0.2, -0.15) is 0 Å². The van der Waals surface area contributed by atoms with Gasteiger partial charge in [0.2, 0.25) is 5.12 Å². The Kier molecular flexibility index (Phi) is 2.38. The van der Waals surface area contributed by atoms with Crippen LogP contribution in [0.1, 0.15) is 6.92 Å². The van der Waals surface area contributed by atoms with Crippen LogP contribution in [-0.4, -0.2) is 17.5 Å². The third-order valence-electron chi connectivity index (χ3n) is 1.52. The summed E-state index contributed by atoms with van der Waals surface area (Å²) in [6.45, 7) is 1.97. The second kappa shape index (κ2) is 3.10. The van der Waals surface area contributed by atoms with Crippen LogP contribution in [0.2, 0.25) is 0 Å². The molecule has 0 fully saturated rings. The zero-order valence-electron chi connectivity index (χ0n) is 6.03. The Hall–Kier alpha value is -0.440. The van der Waals surface area contributed by atoms with Crippen molar-refractivity contribution in [3.8, 4) is 0 Å². The van der Waals surface area contributed by atoms with E-state index in [-0.39, 0.29) is 17.1 Å². The van der Waals surface area contributed by atoms with Crippen molar-refractivity contribution in [2.45, 2.75) is 13.0 Å². The molecule has 1 aliphatic heterocycles. The SMILES string of the molecule is CSC(=O)C1OC=CC1C. The fourth-order valence-electron chi connectivity index (χ4n) is 0.865. The number of carbonyl (C=O) groups excluding carboxylic acids is 1. The highest BCUT2D eigenvalue weighted by atomic mass is 32.2. The van der Waals surface area contributed by atoms with Crippen LogP contribution in [0.3, 0.4) is 0 Å². The molecule has 0 bridgehead atoms. The molecule has 1 rings (SSSR count). The van der Waals surface area contributed by atoms with E-state index in [4.69, 9.17) is 4.74 Å². The van der Waals surface area contributed by atoms with Crippen molar-refractivity contribution in [3.63, 3.8) is 0 Å². The number of thioether (sulfide) groups is 1. The minimum absolute atomic E-state index is 0.109. The van der Waals surface area contributed by atoms with Gasteiger partial charge in [-0.1, -0.05) is 18.7 Å². The second-order valence-electron chi connectivity index (χ2n) is 2.27. The highest BCUT2D eigenvalue weighted by molar-refractivity contribution is 8.13. The van der Waals surface area contributed by atoms with E-state index in [0.717, 1.165) is 0 Å². The molecule has 0 aromatic carbocycles. The lowest BCUT2D eigenvalue weighted by Crippen LogP contribution is -2.22. The number of rotatable bonds is 1. The molecule has 0 amide bonds. The Morgan fingerprint density at radius 1 is 1.70 bits per heavy atom. The molecule has 0 radical (unpaired) electrons. The number of hydrogen-bond acceptors (Lipinski definition) is 3. The van der Waals surface area contributed by atoms with E-state index in [9.17, 15) is 4.79 Å². The molecule has 2 atom stereocenters. The van der Waals surface area contributed by atoms with Crippen molar-refractivity contribution in [2.24, 2.45) is 5.92 Å². The summed E-state index contributed by atoms with van der Waals surface area (Å²) >= 11 is 1.22. The molecule has 1 heterocycles. The number of ether oxygens (including phenoxy) is 1. The van der Waals surface area contributed by atoms with Crippen molar-refractivity contribution in [2.75, 3.05) is 6.26 Å². The molecule has 2 nitrogen and oxygen atoms in total. The summed E-state index contributed by atoms with van der Waals surface area (Å²) in [5.41, 5.74) is 0. The van der Waals surface area contributed by atoms with Crippen LogP contribution in [0.5, 0.6) is 0 Å². The van der Waals surface area contributed by atoms with Gasteiger partial charge in [-0.05, 0) is 12.3 Å². The lowest BCUT2D eigenvalue weighted by molar-refractivity contribution is -0.119. The summed E-state index contributed by atoms with van der Waals surface area (Å²) in [7, 11) is 0. The quantitative estimate of drug-likeness (QED) is 0.577. The Morgan fingerprint density at radius 3 is 2.80 bits per heavy atom. The molecule has 0 aliphatic carbocycles. The average molecular weight is 158 g/mol. The first-order chi connectivity index (χ1) is 4.75. The smallest absolute Gasteiger partial charge is 0.229 e. The van der Waals surface area contributed by atoms with E-state index in [1.807, 2.05) is 13.0 Å². The Bertz CT molecular complexity index is 165. The maximum Gasteiger partial charge on any atom is 0.229 e. The van der Waals surface area contributed by atoms with Gasteiger partial charge in [0.15, 0.2) is 6.10 Å². The van der Waals surface area contributed by atoms with Crippen molar-refractivity contribution >= 4 is 16.9 Å². The molecule has 0 aromatic heterocycles. The van der Waals surface area contributed by atoms with Crippen LogP contribution >= 0.6 is 11.8 Å². The van der Waals surface area contributed by atoms with Crippen LogP contribution in [-0.2, 0) is 9.53 Å². The van der Waals surface area contributed by atoms with Crippen molar-refractivity contribution < 1.29 is 9.53 Å². The molecule has 10 heavy (non-hydrogen) atoms. The normalized spacial score (nSPS) is 30.2. The summed E-state index contributed by atoms with van der Waals surface area (Å²) < 4.78 is 5.07. The van der Waals surface area contributed by atoms with Gasteiger partial charge in [-0.15, -0.1) is 0 Å². The van der Waals surface area contributed by atoms with Crippen LogP contribution in [0.25, 0.3) is 0 Å². The van der Waals surface area contributed by atoms with Gasteiger partial charge in [0, 0.05) is 5.92 Å². The predicted octanol–water partition coefficient (Wildman–Crippen LogP) is 1.42. The first-order valence-corrected chi connectivity index (χ1v) is 4.38. The second-order valence-corrected chi connectivity index (χ2v) is 3.08. The average Bonchev–Trinajstić information content (AvgIpc) is 2.34. The molecular formula is C7H10O2S. The topological polar surface area (TPSA) is 26.3 Å². The Labute approximate surface area is 64.6 Å². The Morgan fingerprint density at radius 2 is 2.40 bits per heavy atom. The highest BCUT2D eigenvalue weighted by Gasteiger charge is 2.26. The number of hydrogen-bond donors (Lipinski definition) is 0. The number of carbonyl (C=O) groups is 1. The summed E-state index contributed by atoms with van der Waals surface area (Å²) in [6.07, 6.45) is 5.04. The van der Waals surface area contributed by atoms with Crippen molar-refractivity contribution in [1.29, 1.82) is 0 Å². The van der Waals surface area contributed by atoms with Gasteiger partial charge < -0.3 is 4.74 Å². The fourth-order valence-corrected chi connectivity index (χ4v) is 1.37. The molecule has 56 valence electrons. The van der Waals surface area contributed by atoms with Gasteiger partial charge >= 0.3 is 0 Å². The molecular weight excluding hydrogens is 148 g/mol. The van der Waals surface area contributed by atoms with Gasteiger partial charge in [-0.25, -0.2) is 0 Å². The van der Waals surface area contributed by atoms with E-state index in [2.05, 4.69) is 0 Å². The zero-order valence-corrected chi connectivity index (χ0v) is 6.85. The van der Waals surface area contributed by atoms with E-state index in [1.54, 1.807) is 12.5 Å². The van der Waals surface area contributed by atoms with Gasteiger partial charge in [0.05, 0.1) is 6.26 Å². The van der Waals surface area contributed by atoms with Gasteiger partial charge in [-0.3, -0.25) is 4.79 Å². The van der Waals surface area contributed by atoms with E-state index >= 15 is 0 Å². The molecule has 2 unspecified atom stereocenters. The largest absolute Gasteiger partial charge is 0.489 e. The molecule has 0 saturated heterocycles. The van der Waals surface area contributed by atoms with Crippen LogP contribution in [0, 0.1) is 5.92 Å². The summed E-state index contributed by atoms with van der Waals surface area (Å²) in [5, 5.41) is 0.109.